The molecular weight excluding hydrogens is 296 g/mol. The molecule has 0 aliphatic rings. The van der Waals surface area contributed by atoms with Gasteiger partial charge in [0.1, 0.15) is 0 Å². The third kappa shape index (κ3) is 7.54. The molecule has 0 saturated heterocycles. The Balaban J connectivity index is 2.54. The predicted octanol–water partition coefficient (Wildman–Crippen LogP) is 3.73. The van der Waals surface area contributed by atoms with Gasteiger partial charge in [-0.3, -0.25) is 0 Å². The third-order valence-corrected chi connectivity index (χ3v) is 3.09. The van der Waals surface area contributed by atoms with E-state index in [9.17, 15) is 4.79 Å². The van der Waals surface area contributed by atoms with Crippen LogP contribution in [0.15, 0.2) is 23.3 Å². The van der Waals surface area contributed by atoms with Crippen LogP contribution >= 0.6 is 0 Å². The summed E-state index contributed by atoms with van der Waals surface area (Å²) in [6.07, 6.45) is 5.57. The summed E-state index contributed by atoms with van der Waals surface area (Å²) in [6.45, 7) is 4.89. The molecule has 1 amide bonds. The minimum atomic E-state index is -0.581. The summed E-state index contributed by atoms with van der Waals surface area (Å²) >= 11 is 0. The fourth-order valence-corrected chi connectivity index (χ4v) is 1.92. The van der Waals surface area contributed by atoms with Gasteiger partial charge in [-0.25, -0.2) is 10.2 Å². The molecule has 0 radical (unpaired) electrons. The van der Waals surface area contributed by atoms with Gasteiger partial charge in [-0.2, -0.15) is 5.10 Å². The van der Waals surface area contributed by atoms with Crippen LogP contribution in [0.4, 0.5) is 4.79 Å². The SMILES string of the molecule is CCCCCCOc1ccc(/C=N/NC(=O)OCC)cc1OC. The summed E-state index contributed by atoms with van der Waals surface area (Å²) in [4.78, 5) is 11.1. The Morgan fingerprint density at radius 2 is 2.04 bits per heavy atom. The van der Waals surface area contributed by atoms with Crippen molar-refractivity contribution < 1.29 is 19.0 Å². The zero-order valence-electron chi connectivity index (χ0n) is 14.1. The van der Waals surface area contributed by atoms with Gasteiger partial charge in [0.05, 0.1) is 26.5 Å². The maximum atomic E-state index is 11.1. The van der Waals surface area contributed by atoms with Crippen LogP contribution in [0.2, 0.25) is 0 Å². The van der Waals surface area contributed by atoms with E-state index in [2.05, 4.69) is 17.5 Å². The van der Waals surface area contributed by atoms with Gasteiger partial charge in [0.2, 0.25) is 0 Å². The smallest absolute Gasteiger partial charge is 0.427 e. The number of hydrazone groups is 1. The molecule has 23 heavy (non-hydrogen) atoms. The van der Waals surface area contributed by atoms with Crippen molar-refractivity contribution in [2.24, 2.45) is 5.10 Å². The molecule has 0 saturated carbocycles. The lowest BCUT2D eigenvalue weighted by molar-refractivity contribution is 0.152. The van der Waals surface area contributed by atoms with E-state index in [1.165, 1.54) is 25.5 Å². The second-order valence-corrected chi connectivity index (χ2v) is 4.91. The summed E-state index contributed by atoms with van der Waals surface area (Å²) in [6, 6.07) is 5.49. The molecule has 6 heteroatoms. The number of carbonyl (C=O) groups excluding carboxylic acids is 1. The number of carbonyl (C=O) groups is 1. The number of nitrogens with zero attached hydrogens (tertiary/aromatic N) is 1. The van der Waals surface area contributed by atoms with Gasteiger partial charge in [-0.1, -0.05) is 26.2 Å². The molecular formula is C17H26N2O4. The van der Waals surface area contributed by atoms with Gasteiger partial charge >= 0.3 is 6.09 Å². The highest BCUT2D eigenvalue weighted by Crippen LogP contribution is 2.27. The van der Waals surface area contributed by atoms with Crippen molar-refractivity contribution in [3.05, 3.63) is 23.8 Å². The first kappa shape index (κ1) is 18.8. The maximum Gasteiger partial charge on any atom is 0.427 e. The molecule has 1 aromatic rings. The fourth-order valence-electron chi connectivity index (χ4n) is 1.92. The summed E-state index contributed by atoms with van der Waals surface area (Å²) in [5, 5.41) is 3.82. The summed E-state index contributed by atoms with van der Waals surface area (Å²) in [5.41, 5.74) is 3.06. The van der Waals surface area contributed by atoms with Crippen LogP contribution < -0.4 is 14.9 Å². The average molecular weight is 322 g/mol. The third-order valence-electron chi connectivity index (χ3n) is 3.09. The van der Waals surface area contributed by atoms with E-state index in [1.54, 1.807) is 20.1 Å². The number of hydrogen-bond acceptors (Lipinski definition) is 5. The van der Waals surface area contributed by atoms with Crippen molar-refractivity contribution in [1.29, 1.82) is 0 Å². The van der Waals surface area contributed by atoms with Gasteiger partial charge in [0.15, 0.2) is 11.5 Å². The first-order valence-electron chi connectivity index (χ1n) is 7.97. The van der Waals surface area contributed by atoms with Gasteiger partial charge in [-0.15, -0.1) is 0 Å². The highest BCUT2D eigenvalue weighted by atomic mass is 16.5. The highest BCUT2D eigenvalue weighted by molar-refractivity contribution is 5.82. The molecule has 0 aromatic heterocycles. The Hall–Kier alpha value is -2.24. The van der Waals surface area contributed by atoms with Crippen LogP contribution in [0.25, 0.3) is 0 Å². The van der Waals surface area contributed by atoms with Gasteiger partial charge in [-0.05, 0) is 37.1 Å². The van der Waals surface area contributed by atoms with E-state index < -0.39 is 6.09 Å². The molecule has 128 valence electrons. The predicted molar refractivity (Wildman–Crippen MR) is 90.4 cm³/mol. The van der Waals surface area contributed by atoms with E-state index in [1.807, 2.05) is 12.1 Å². The highest BCUT2D eigenvalue weighted by Gasteiger charge is 2.05. The Kier molecular flexibility index (Phi) is 9.28. The zero-order chi connectivity index (χ0) is 16.9. The van der Waals surface area contributed by atoms with E-state index in [-0.39, 0.29) is 0 Å². The molecule has 0 heterocycles. The van der Waals surface area contributed by atoms with Crippen LogP contribution in [0.3, 0.4) is 0 Å². The first-order valence-corrected chi connectivity index (χ1v) is 7.97. The number of methoxy groups -OCH3 is 1. The minimum Gasteiger partial charge on any atom is -0.493 e. The van der Waals surface area contributed by atoms with E-state index >= 15 is 0 Å². The number of hydrogen-bond donors (Lipinski definition) is 1. The van der Waals surface area contributed by atoms with E-state index in [4.69, 9.17) is 14.2 Å². The standard InChI is InChI=1S/C17H26N2O4/c1-4-6-7-8-11-23-15-10-9-14(12-16(15)21-3)13-18-19-17(20)22-5-2/h9-10,12-13H,4-8,11H2,1-3H3,(H,19,20)/b18-13+. The zero-order valence-corrected chi connectivity index (χ0v) is 14.1. The van der Waals surface area contributed by atoms with Crippen molar-refractivity contribution in [2.45, 2.75) is 39.5 Å². The number of nitrogens with one attached hydrogen (secondary N) is 1. The summed E-state index contributed by atoms with van der Waals surface area (Å²) in [5.74, 6) is 1.35. The molecule has 0 spiro atoms. The van der Waals surface area contributed by atoms with Gasteiger partial charge in [0.25, 0.3) is 0 Å². The monoisotopic (exact) mass is 322 g/mol. The summed E-state index contributed by atoms with van der Waals surface area (Å²) in [7, 11) is 1.59. The second kappa shape index (κ2) is 11.3. The maximum absolute atomic E-state index is 11.1. The van der Waals surface area contributed by atoms with Crippen LogP contribution in [-0.2, 0) is 4.74 Å². The average Bonchev–Trinajstić information content (AvgIpc) is 2.55. The van der Waals surface area contributed by atoms with Crippen LogP contribution in [0.1, 0.15) is 45.1 Å². The van der Waals surface area contributed by atoms with Crippen molar-refractivity contribution in [3.63, 3.8) is 0 Å². The molecule has 6 nitrogen and oxygen atoms in total. The molecule has 1 N–H and O–H groups in total. The molecule has 1 aromatic carbocycles. The summed E-state index contributed by atoms with van der Waals surface area (Å²) < 4.78 is 15.8. The molecule has 0 aliphatic carbocycles. The molecule has 0 unspecified atom stereocenters. The van der Waals surface area contributed by atoms with E-state index in [0.29, 0.717) is 24.7 Å². The lowest BCUT2D eigenvalue weighted by Crippen LogP contribution is -2.18. The Morgan fingerprint density at radius 1 is 1.22 bits per heavy atom. The number of benzene rings is 1. The fraction of sp³-hybridized carbons (Fsp3) is 0.529. The second-order valence-electron chi connectivity index (χ2n) is 4.91. The Labute approximate surface area is 137 Å². The van der Waals surface area contributed by atoms with Crippen LogP contribution in [-0.4, -0.2) is 32.6 Å². The lowest BCUT2D eigenvalue weighted by atomic mass is 10.2. The number of rotatable bonds is 10. The van der Waals surface area contributed by atoms with Crippen molar-refractivity contribution in [1.82, 2.24) is 5.43 Å². The number of unbranched alkanes of at least 4 members (excludes halogenated alkanes) is 3. The molecule has 0 fully saturated rings. The van der Waals surface area contributed by atoms with Crippen LogP contribution in [0.5, 0.6) is 11.5 Å². The Bertz CT molecular complexity index is 503. The normalized spacial score (nSPS) is 10.6. The van der Waals surface area contributed by atoms with Gasteiger partial charge in [0, 0.05) is 0 Å². The quantitative estimate of drug-likeness (QED) is 0.405. The number of ether oxygens (including phenoxy) is 3. The van der Waals surface area contributed by atoms with Crippen molar-refractivity contribution in [3.8, 4) is 11.5 Å². The van der Waals surface area contributed by atoms with Crippen LogP contribution in [0, 0.1) is 0 Å². The molecule has 1 rings (SSSR count). The first-order chi connectivity index (χ1) is 11.2. The van der Waals surface area contributed by atoms with Gasteiger partial charge < -0.3 is 14.2 Å². The molecule has 0 atom stereocenters. The number of amides is 1. The molecule has 0 bridgehead atoms. The molecule has 0 aliphatic heterocycles. The lowest BCUT2D eigenvalue weighted by Gasteiger charge is -2.11. The largest absolute Gasteiger partial charge is 0.493 e. The Morgan fingerprint density at radius 3 is 2.74 bits per heavy atom. The topological polar surface area (TPSA) is 69.2 Å². The van der Waals surface area contributed by atoms with Crippen molar-refractivity contribution >= 4 is 12.3 Å². The minimum absolute atomic E-state index is 0.305. The van der Waals surface area contributed by atoms with E-state index in [0.717, 1.165) is 12.0 Å². The van der Waals surface area contributed by atoms with Crippen molar-refractivity contribution in [2.75, 3.05) is 20.3 Å².